The first-order chi connectivity index (χ1) is 17.6. The summed E-state index contributed by atoms with van der Waals surface area (Å²) in [6.07, 6.45) is 0.562. The van der Waals surface area contributed by atoms with Gasteiger partial charge in [0.15, 0.2) is 12.1 Å². The number of hydrogen-bond acceptors (Lipinski definition) is 7. The van der Waals surface area contributed by atoms with Gasteiger partial charge < -0.3 is 0 Å². The maximum atomic E-state index is 13.6. The fraction of sp³-hybridized carbons (Fsp3) is 0.185. The zero-order valence-corrected chi connectivity index (χ0v) is 19.2. The molecule has 6 rings (SSSR count). The maximum absolute atomic E-state index is 13.6. The van der Waals surface area contributed by atoms with E-state index in [0.717, 1.165) is 21.7 Å². The van der Waals surface area contributed by atoms with Crippen molar-refractivity contribution >= 4 is 29.1 Å². The van der Waals surface area contributed by atoms with Crippen LogP contribution in [0.1, 0.15) is 23.6 Å². The molecule has 9 heteroatoms. The summed E-state index contributed by atoms with van der Waals surface area (Å²) in [4.78, 5) is 40.8. The third kappa shape index (κ3) is 3.65. The minimum Gasteiger partial charge on any atom is -0.271 e. The molecule has 3 amide bonds. The van der Waals surface area contributed by atoms with Gasteiger partial charge >= 0.3 is 0 Å². The molecule has 1 fully saturated rings. The van der Waals surface area contributed by atoms with Crippen LogP contribution in [0.25, 0.3) is 0 Å². The van der Waals surface area contributed by atoms with E-state index in [1.54, 1.807) is 24.3 Å². The Kier molecular flexibility index (Phi) is 5.37. The number of rotatable bonds is 5. The molecule has 3 aliphatic rings. The Hall–Kier alpha value is -4.66. The number of imide groups is 1. The lowest BCUT2D eigenvalue weighted by Gasteiger charge is -2.25. The Balaban J connectivity index is 1.26. The van der Waals surface area contributed by atoms with Gasteiger partial charge in [-0.2, -0.15) is 10.2 Å². The standard InChI is InChI=1S/C27H22N6O3/c34-23(17-31-25-24(28-30-31)26(35)32(27(25)36)20-14-8-3-9-15-20)33-22(19-12-6-2-7-13-19)16-21(29-33)18-10-4-1-5-11-18/h1-15,22,24-25H,16-17H2/t22-,24+,25-/m0/s1. The second-order valence-corrected chi connectivity index (χ2v) is 8.82. The SMILES string of the molecule is O=C1[C@@H]2[C@@H](N=NN2CC(=O)N2N=C(c3ccccc3)C[C@H]2c2ccccc2)C(=O)N1c1ccccc1. The molecule has 0 saturated carbocycles. The zero-order chi connectivity index (χ0) is 24.6. The van der Waals surface area contributed by atoms with Crippen molar-refractivity contribution in [2.75, 3.05) is 11.4 Å². The lowest BCUT2D eigenvalue weighted by Crippen LogP contribution is -2.44. The van der Waals surface area contributed by atoms with Crippen LogP contribution in [0, 0.1) is 0 Å². The average Bonchev–Trinajstić information content (AvgIpc) is 3.61. The Labute approximate surface area is 207 Å². The van der Waals surface area contributed by atoms with E-state index in [1.807, 2.05) is 66.7 Å². The smallest absolute Gasteiger partial charge is 0.264 e. The van der Waals surface area contributed by atoms with Crippen LogP contribution in [0.3, 0.4) is 0 Å². The molecule has 1 saturated heterocycles. The second-order valence-electron chi connectivity index (χ2n) is 8.82. The predicted octanol–water partition coefficient (Wildman–Crippen LogP) is 3.36. The van der Waals surface area contributed by atoms with Crippen LogP contribution in [0.5, 0.6) is 0 Å². The molecule has 36 heavy (non-hydrogen) atoms. The normalized spacial score (nSPS) is 22.8. The van der Waals surface area contributed by atoms with Crippen molar-refractivity contribution in [3.05, 3.63) is 102 Å². The highest BCUT2D eigenvalue weighted by Crippen LogP contribution is 2.35. The number of fused-ring (bicyclic) bond motifs is 1. The highest BCUT2D eigenvalue weighted by atomic mass is 16.2. The molecule has 0 unspecified atom stereocenters. The number of nitrogens with zero attached hydrogens (tertiary/aromatic N) is 6. The molecule has 3 aromatic rings. The Bertz CT molecular complexity index is 1380. The summed E-state index contributed by atoms with van der Waals surface area (Å²) >= 11 is 0. The fourth-order valence-corrected chi connectivity index (χ4v) is 4.88. The number of hydrogen-bond donors (Lipinski definition) is 0. The quantitative estimate of drug-likeness (QED) is 0.525. The molecule has 0 aromatic heterocycles. The summed E-state index contributed by atoms with van der Waals surface area (Å²) in [6.45, 7) is -0.221. The van der Waals surface area contributed by atoms with Gasteiger partial charge in [-0.1, -0.05) is 84.1 Å². The minimum atomic E-state index is -0.961. The van der Waals surface area contributed by atoms with Crippen molar-refractivity contribution in [2.45, 2.75) is 24.5 Å². The van der Waals surface area contributed by atoms with E-state index in [1.165, 1.54) is 10.0 Å². The lowest BCUT2D eigenvalue weighted by molar-refractivity contribution is -0.135. The van der Waals surface area contributed by atoms with Crippen LogP contribution >= 0.6 is 0 Å². The van der Waals surface area contributed by atoms with E-state index >= 15 is 0 Å². The van der Waals surface area contributed by atoms with Gasteiger partial charge in [0.1, 0.15) is 6.54 Å². The van der Waals surface area contributed by atoms with E-state index in [2.05, 4.69) is 15.4 Å². The number of para-hydroxylation sites is 1. The Morgan fingerprint density at radius 2 is 1.47 bits per heavy atom. The molecule has 0 radical (unpaired) electrons. The molecule has 3 aromatic carbocycles. The summed E-state index contributed by atoms with van der Waals surface area (Å²) in [5, 5.41) is 15.5. The van der Waals surface area contributed by atoms with Crippen LogP contribution in [0.15, 0.2) is 106 Å². The van der Waals surface area contributed by atoms with Gasteiger partial charge in [-0.3, -0.25) is 19.4 Å². The molecular weight excluding hydrogens is 456 g/mol. The fourth-order valence-electron chi connectivity index (χ4n) is 4.88. The van der Waals surface area contributed by atoms with Crippen molar-refractivity contribution in [3.63, 3.8) is 0 Å². The molecule has 3 atom stereocenters. The largest absolute Gasteiger partial charge is 0.271 e. The number of hydrazone groups is 1. The van der Waals surface area contributed by atoms with Gasteiger partial charge in [0.2, 0.25) is 0 Å². The van der Waals surface area contributed by atoms with Crippen LogP contribution in [0.4, 0.5) is 5.69 Å². The van der Waals surface area contributed by atoms with Gasteiger partial charge in [0.05, 0.1) is 17.4 Å². The van der Waals surface area contributed by atoms with Crippen LogP contribution < -0.4 is 4.90 Å². The third-order valence-corrected chi connectivity index (χ3v) is 6.63. The highest BCUT2D eigenvalue weighted by molar-refractivity contribution is 6.25. The van der Waals surface area contributed by atoms with E-state index in [0.29, 0.717) is 12.1 Å². The molecule has 3 heterocycles. The molecule has 0 bridgehead atoms. The first kappa shape index (κ1) is 21.8. The van der Waals surface area contributed by atoms with Crippen molar-refractivity contribution in [2.24, 2.45) is 15.4 Å². The van der Waals surface area contributed by atoms with E-state index in [-0.39, 0.29) is 18.5 Å². The topological polar surface area (TPSA) is 98.0 Å². The van der Waals surface area contributed by atoms with Gasteiger partial charge in [-0.05, 0) is 23.3 Å². The van der Waals surface area contributed by atoms with Crippen LogP contribution in [-0.4, -0.2) is 52.1 Å². The maximum Gasteiger partial charge on any atom is 0.264 e. The first-order valence-corrected chi connectivity index (χ1v) is 11.7. The van der Waals surface area contributed by atoms with Crippen molar-refractivity contribution < 1.29 is 14.4 Å². The predicted molar refractivity (Wildman–Crippen MR) is 132 cm³/mol. The van der Waals surface area contributed by atoms with Crippen molar-refractivity contribution in [1.82, 2.24) is 10.0 Å². The van der Waals surface area contributed by atoms with Crippen LogP contribution in [-0.2, 0) is 14.4 Å². The molecule has 3 aliphatic heterocycles. The Morgan fingerprint density at radius 1 is 0.833 bits per heavy atom. The summed E-state index contributed by atoms with van der Waals surface area (Å²) < 4.78 is 0. The zero-order valence-electron chi connectivity index (χ0n) is 19.2. The second kappa shape index (κ2) is 8.84. The molecule has 0 N–H and O–H groups in total. The Morgan fingerprint density at radius 3 is 2.17 bits per heavy atom. The number of carbonyl (C=O) groups excluding carboxylic acids is 3. The van der Waals surface area contributed by atoms with E-state index in [9.17, 15) is 14.4 Å². The lowest BCUT2D eigenvalue weighted by atomic mass is 9.98. The first-order valence-electron chi connectivity index (χ1n) is 11.7. The summed E-state index contributed by atoms with van der Waals surface area (Å²) in [5.41, 5.74) is 3.19. The monoisotopic (exact) mass is 478 g/mol. The van der Waals surface area contributed by atoms with Crippen molar-refractivity contribution in [3.8, 4) is 0 Å². The summed E-state index contributed by atoms with van der Waals surface area (Å²) in [5.74, 6) is -1.21. The summed E-state index contributed by atoms with van der Waals surface area (Å²) in [7, 11) is 0. The van der Waals surface area contributed by atoms with Gasteiger partial charge in [0.25, 0.3) is 17.7 Å². The number of anilines is 1. The average molecular weight is 479 g/mol. The number of amides is 3. The third-order valence-electron chi connectivity index (χ3n) is 6.63. The minimum absolute atomic E-state index is 0.221. The van der Waals surface area contributed by atoms with E-state index in [4.69, 9.17) is 0 Å². The molecule has 0 aliphatic carbocycles. The van der Waals surface area contributed by atoms with E-state index < -0.39 is 23.9 Å². The molecule has 9 nitrogen and oxygen atoms in total. The molecule has 0 spiro atoms. The number of benzene rings is 3. The van der Waals surface area contributed by atoms with Gasteiger partial charge in [-0.15, -0.1) is 0 Å². The molecule has 178 valence electrons. The molecular formula is C27H22N6O3. The highest BCUT2D eigenvalue weighted by Gasteiger charge is 2.55. The summed E-state index contributed by atoms with van der Waals surface area (Å²) in [6, 6.07) is 26.0. The number of carbonyl (C=O) groups is 3. The van der Waals surface area contributed by atoms with Crippen molar-refractivity contribution in [1.29, 1.82) is 0 Å². The van der Waals surface area contributed by atoms with Gasteiger partial charge in [0, 0.05) is 6.42 Å². The van der Waals surface area contributed by atoms with Gasteiger partial charge in [-0.25, -0.2) is 9.91 Å². The van der Waals surface area contributed by atoms with Crippen LogP contribution in [0.2, 0.25) is 0 Å².